The molecule has 0 atom stereocenters. The zero-order chi connectivity index (χ0) is 43.4. The summed E-state index contributed by atoms with van der Waals surface area (Å²) in [5.74, 6) is -1.75. The minimum absolute atomic E-state index is 0. The predicted molar refractivity (Wildman–Crippen MR) is 206 cm³/mol. The first kappa shape index (κ1) is 27.2. The van der Waals surface area contributed by atoms with Crippen LogP contribution >= 0.6 is 0 Å². The van der Waals surface area contributed by atoms with Gasteiger partial charge < -0.3 is 6.41 Å². The van der Waals surface area contributed by atoms with Crippen LogP contribution in [0.2, 0.25) is 39.3 Å². The molecule has 0 saturated carbocycles. The second-order valence-corrected chi connectivity index (χ2v) is 23.2. The van der Waals surface area contributed by atoms with E-state index in [-0.39, 0.29) is 116 Å². The van der Waals surface area contributed by atoms with E-state index >= 15 is 0 Å². The van der Waals surface area contributed by atoms with Gasteiger partial charge in [0.25, 0.3) is 0 Å². The van der Waals surface area contributed by atoms with Crippen molar-refractivity contribution in [3.63, 3.8) is 0 Å². The van der Waals surface area contributed by atoms with Gasteiger partial charge in [-0.05, 0) is 58.8 Å². The Morgan fingerprint density at radius 2 is 1.17 bits per heavy atom. The van der Waals surface area contributed by atoms with Crippen molar-refractivity contribution in [2.24, 2.45) is 0 Å². The molecule has 2 heterocycles. The van der Waals surface area contributed by atoms with Gasteiger partial charge in [-0.3, -0.25) is 4.98 Å². The van der Waals surface area contributed by atoms with Crippen LogP contribution in [0.5, 0.6) is 0 Å². The van der Waals surface area contributed by atoms with Crippen molar-refractivity contribution in [2.75, 3.05) is 0 Å². The number of pyridine rings is 2. The average Bonchev–Trinajstić information content (AvgIpc) is 3.00. The molecule has 251 valence electrons. The largest absolute Gasteiger partial charge is 1.00 e. The Balaban J connectivity index is -0.00000102. The first-order chi connectivity index (χ1) is 24.8. The average molecular weight is 873 g/mol. The second kappa shape index (κ2) is 19.6. The third kappa shape index (κ3) is 12.4. The Kier molecular flexibility index (Phi) is 11.6. The number of hydrogen-bond donors (Lipinski definition) is 0. The quantitative estimate of drug-likeness (QED) is 0.144. The molecule has 0 fully saturated rings. The molecule has 0 aliphatic rings. The zero-order valence-corrected chi connectivity index (χ0v) is 35.4. The van der Waals surface area contributed by atoms with E-state index in [1.54, 1.807) is 52.2 Å². The van der Waals surface area contributed by atoms with E-state index in [0.717, 1.165) is 21.5 Å². The van der Waals surface area contributed by atoms with Gasteiger partial charge in [-0.1, -0.05) is 131 Å². The molecule has 2 aromatic carbocycles. The predicted octanol–water partition coefficient (Wildman–Crippen LogP) is 8.25. The molecule has 0 amide bonds. The summed E-state index contributed by atoms with van der Waals surface area (Å²) >= 11 is 0. The van der Waals surface area contributed by atoms with Gasteiger partial charge in [0.1, 0.15) is 0 Å². The van der Waals surface area contributed by atoms with Gasteiger partial charge in [-0.15, -0.1) is 34.9 Å². The van der Waals surface area contributed by atoms with Crippen molar-refractivity contribution >= 4 is 26.5 Å². The van der Waals surface area contributed by atoms with Crippen molar-refractivity contribution in [1.82, 2.24) is 9.97 Å². The van der Waals surface area contributed by atoms with Crippen molar-refractivity contribution in [2.45, 2.75) is 121 Å². The molecule has 0 aliphatic carbocycles. The van der Waals surface area contributed by atoms with E-state index in [9.17, 15) is 0 Å². The molecule has 4 rings (SSSR count). The summed E-state index contributed by atoms with van der Waals surface area (Å²) in [6.45, 7) is 10.4. The zero-order valence-electron chi connectivity index (χ0n) is 42.9. The number of rotatable bonds is 6. The summed E-state index contributed by atoms with van der Waals surface area (Å²) in [7, 11) is -3.54. The van der Waals surface area contributed by atoms with Crippen molar-refractivity contribution in [3.8, 4) is 22.5 Å². The number of benzene rings is 2. The van der Waals surface area contributed by atoms with Gasteiger partial charge in [0.15, 0.2) is 0 Å². The summed E-state index contributed by atoms with van der Waals surface area (Å²) in [6.07, 6.45) is 3.50. The van der Waals surface area contributed by atoms with E-state index in [2.05, 4.69) is 55.3 Å². The third-order valence-electron chi connectivity index (χ3n) is 6.99. The molecular weight excluding hydrogens is 796 g/mol. The van der Waals surface area contributed by atoms with Crippen LogP contribution in [0.1, 0.15) is 108 Å². The molecule has 1 radical (unpaired) electrons. The fraction of sp³-hybridized carbons (Fsp3) is 0.450. The molecule has 0 unspecified atom stereocenters. The van der Waals surface area contributed by atoms with Gasteiger partial charge in [0.2, 0.25) is 0 Å². The van der Waals surface area contributed by atoms with Crippen LogP contribution in [0.25, 0.3) is 22.5 Å². The summed E-state index contributed by atoms with van der Waals surface area (Å²) < 4.78 is 110. The van der Waals surface area contributed by atoms with Crippen LogP contribution in [0.4, 0.5) is 0 Å². The number of aromatic nitrogens is 2. The standard InChI is InChI=1S/C19H27NSi.C19H26NSi.2CH4.Ir.K.H/c2*1-13(2)17-11-18(20-12-19(17)21(5,6)7)16-9-8-14(3)10-15(16)4;;;;;/h8-13H,1-7H3;8,10-13H,1-7H3;2*1H4;;;/q;-1;;;;+1;-1/i2*3D3,4D3,13D;;;;;. The van der Waals surface area contributed by atoms with Gasteiger partial charge in [0.05, 0.1) is 21.8 Å². The smallest absolute Gasteiger partial charge is 1.00 e. The van der Waals surface area contributed by atoms with Gasteiger partial charge >= 0.3 is 51.4 Å². The molecule has 0 bridgehead atoms. The Morgan fingerprint density at radius 3 is 1.63 bits per heavy atom. The minimum atomic E-state index is -2.51. The number of aryl methyl sites for hydroxylation is 4. The third-order valence-corrected chi connectivity index (χ3v) is 11.0. The molecule has 4 aromatic rings. The van der Waals surface area contributed by atoms with Crippen LogP contribution in [-0.2, 0) is 20.1 Å². The van der Waals surface area contributed by atoms with Crippen LogP contribution in [0, 0.1) is 33.5 Å². The normalized spacial score (nSPS) is 17.0. The van der Waals surface area contributed by atoms with Crippen LogP contribution in [0.3, 0.4) is 0 Å². The SMILES string of the molecule is C.C.[2H]C([2H])([2H])c1c[c-]c(-c2cc(C([2H])(C)C)c([Si](C)(C)C)cn2)c(C([2H])([2H])[2H])c1.[2H]C([2H])([2H])c1ccc(-c2cc(C([2H])(C)C)c([Si](C)(C)C)cn2)c(C([2H])([2H])[2H])c1.[H-].[Ir].[K+]. The molecule has 46 heavy (non-hydrogen) atoms. The summed E-state index contributed by atoms with van der Waals surface area (Å²) in [5.41, 5.74) is 2.88. The van der Waals surface area contributed by atoms with Gasteiger partial charge in [-0.25, -0.2) is 0 Å². The first-order valence-electron chi connectivity index (χ1n) is 21.1. The Morgan fingerprint density at radius 1 is 0.696 bits per heavy atom. The maximum atomic E-state index is 8.55. The van der Waals surface area contributed by atoms with E-state index in [4.69, 9.17) is 19.2 Å². The number of hydrogen-bond acceptors (Lipinski definition) is 2. The molecule has 0 N–H and O–H groups in total. The topological polar surface area (TPSA) is 25.8 Å². The monoisotopic (exact) mass is 872 g/mol. The molecule has 2 aromatic heterocycles. The van der Waals surface area contributed by atoms with E-state index in [1.165, 1.54) is 30.3 Å². The Labute approximate surface area is 363 Å². The van der Waals surface area contributed by atoms with Crippen LogP contribution < -0.4 is 61.8 Å². The Bertz CT molecular complexity index is 1910. The first-order valence-corrected chi connectivity index (χ1v) is 21.1. The summed E-state index contributed by atoms with van der Waals surface area (Å²) in [4.78, 5) is 9.00. The van der Waals surface area contributed by atoms with E-state index in [1.807, 2.05) is 0 Å². The molecule has 2 nitrogen and oxygen atoms in total. The summed E-state index contributed by atoms with van der Waals surface area (Å²) in [5, 5.41) is 2.11. The fourth-order valence-corrected chi connectivity index (χ4v) is 7.86. The molecule has 6 heteroatoms. The maximum absolute atomic E-state index is 8.55. The van der Waals surface area contributed by atoms with E-state index in [0.29, 0.717) is 17.0 Å². The molecular formula is C40H62IrKN2Si2-. The van der Waals surface area contributed by atoms with Crippen molar-refractivity contribution in [1.29, 1.82) is 0 Å². The molecule has 0 aliphatic heterocycles. The van der Waals surface area contributed by atoms with Crippen molar-refractivity contribution in [3.05, 3.63) is 94.3 Å². The van der Waals surface area contributed by atoms with Gasteiger partial charge in [-0.2, -0.15) is 0 Å². The second-order valence-electron chi connectivity index (χ2n) is 13.2. The maximum Gasteiger partial charge on any atom is 1.00 e. The van der Waals surface area contributed by atoms with Crippen molar-refractivity contribution < 1.29 is 92.1 Å². The molecule has 0 saturated heterocycles. The Hall–Kier alpha value is -0.541. The van der Waals surface area contributed by atoms with Gasteiger partial charge in [0, 0.05) is 57.3 Å². The number of nitrogens with zero attached hydrogens (tertiary/aromatic N) is 2. The molecule has 0 spiro atoms. The minimum Gasteiger partial charge on any atom is -1.00 e. The van der Waals surface area contributed by atoms with Crippen LogP contribution in [-0.4, -0.2) is 26.1 Å². The fourth-order valence-electron chi connectivity index (χ4n) is 4.69. The summed E-state index contributed by atoms with van der Waals surface area (Å²) in [6, 6.07) is 13.1. The van der Waals surface area contributed by atoms with E-state index < -0.39 is 55.3 Å². The van der Waals surface area contributed by atoms with Crippen LogP contribution in [0.15, 0.2) is 54.9 Å².